The van der Waals surface area contributed by atoms with E-state index < -0.39 is 0 Å². The fourth-order valence-electron chi connectivity index (χ4n) is 1.72. The number of rotatable bonds is 3. The highest BCUT2D eigenvalue weighted by Gasteiger charge is 1.99. The molecule has 2 rings (SSSR count). The van der Waals surface area contributed by atoms with Crippen molar-refractivity contribution in [1.29, 1.82) is 0 Å². The van der Waals surface area contributed by atoms with E-state index in [0.29, 0.717) is 5.11 Å². The third-order valence-corrected chi connectivity index (χ3v) is 2.94. The molecule has 3 nitrogen and oxygen atoms in total. The van der Waals surface area contributed by atoms with Crippen LogP contribution in [0, 0.1) is 13.8 Å². The summed E-state index contributed by atoms with van der Waals surface area (Å²) in [6.45, 7) is 4.09. The average molecular weight is 271 g/mol. The number of nitrogens with one attached hydrogen (secondary N) is 3. The molecule has 0 amide bonds. The number of thiocarbonyl (C=S) groups is 1. The van der Waals surface area contributed by atoms with Gasteiger partial charge in [0.15, 0.2) is 5.11 Å². The molecule has 3 N–H and O–H groups in total. The smallest absolute Gasteiger partial charge is 0.189 e. The molecule has 0 aliphatic rings. The highest BCUT2D eigenvalue weighted by molar-refractivity contribution is 7.80. The standard InChI is InChI=1S/C15H17N3S/c1-11-6-5-8-13(10-11)17-18-15(19)16-14-9-4-3-7-12(14)2/h3-10,17H,1-2H3,(H2,16,18,19). The van der Waals surface area contributed by atoms with E-state index in [2.05, 4.69) is 29.2 Å². The maximum absolute atomic E-state index is 5.24. The Kier molecular flexibility index (Phi) is 4.36. The van der Waals surface area contributed by atoms with Crippen LogP contribution in [0.1, 0.15) is 11.1 Å². The van der Waals surface area contributed by atoms with E-state index >= 15 is 0 Å². The minimum absolute atomic E-state index is 0.538. The second-order valence-electron chi connectivity index (χ2n) is 4.39. The van der Waals surface area contributed by atoms with Crippen molar-refractivity contribution in [1.82, 2.24) is 5.43 Å². The van der Waals surface area contributed by atoms with Crippen LogP contribution in [0.2, 0.25) is 0 Å². The second-order valence-corrected chi connectivity index (χ2v) is 4.80. The van der Waals surface area contributed by atoms with E-state index in [4.69, 9.17) is 12.2 Å². The number of benzene rings is 2. The van der Waals surface area contributed by atoms with Crippen LogP contribution in [0.5, 0.6) is 0 Å². The topological polar surface area (TPSA) is 36.1 Å². The van der Waals surface area contributed by atoms with Gasteiger partial charge in [-0.15, -0.1) is 0 Å². The lowest BCUT2D eigenvalue weighted by molar-refractivity contribution is 1.13. The predicted molar refractivity (Wildman–Crippen MR) is 85.3 cm³/mol. The minimum Gasteiger partial charge on any atom is -0.331 e. The summed E-state index contributed by atoms with van der Waals surface area (Å²) >= 11 is 5.24. The van der Waals surface area contributed by atoms with Crippen molar-refractivity contribution in [3.8, 4) is 0 Å². The van der Waals surface area contributed by atoms with Gasteiger partial charge in [-0.3, -0.25) is 10.9 Å². The third-order valence-electron chi connectivity index (χ3n) is 2.73. The summed E-state index contributed by atoms with van der Waals surface area (Å²) in [5, 5.41) is 3.69. The molecule has 0 radical (unpaired) electrons. The molecule has 98 valence electrons. The SMILES string of the molecule is Cc1cccc(NNC(=S)Nc2ccccc2C)c1. The number of hydrogen-bond donors (Lipinski definition) is 3. The second kappa shape index (κ2) is 6.20. The van der Waals surface area contributed by atoms with Crippen molar-refractivity contribution in [2.45, 2.75) is 13.8 Å². The van der Waals surface area contributed by atoms with Gasteiger partial charge in [0.2, 0.25) is 0 Å². The first-order valence-corrected chi connectivity index (χ1v) is 6.51. The summed E-state index contributed by atoms with van der Waals surface area (Å²) in [5.41, 5.74) is 10.4. The largest absolute Gasteiger partial charge is 0.331 e. The number of para-hydroxylation sites is 1. The summed E-state index contributed by atoms with van der Waals surface area (Å²) in [6.07, 6.45) is 0. The molecule has 2 aromatic rings. The van der Waals surface area contributed by atoms with Crippen molar-refractivity contribution in [2.75, 3.05) is 10.7 Å². The van der Waals surface area contributed by atoms with Crippen LogP contribution < -0.4 is 16.2 Å². The Morgan fingerprint density at radius 3 is 2.53 bits per heavy atom. The summed E-state index contributed by atoms with van der Waals surface area (Å²) in [5.74, 6) is 0. The van der Waals surface area contributed by atoms with E-state index in [1.54, 1.807) is 0 Å². The van der Waals surface area contributed by atoms with Crippen molar-refractivity contribution in [3.63, 3.8) is 0 Å². The van der Waals surface area contributed by atoms with Crippen LogP contribution >= 0.6 is 12.2 Å². The van der Waals surface area contributed by atoms with Crippen LogP contribution in [0.3, 0.4) is 0 Å². The maximum Gasteiger partial charge on any atom is 0.189 e. The van der Waals surface area contributed by atoms with Crippen LogP contribution in [0.4, 0.5) is 11.4 Å². The van der Waals surface area contributed by atoms with E-state index in [1.807, 2.05) is 49.4 Å². The lowest BCUT2D eigenvalue weighted by atomic mass is 10.2. The van der Waals surface area contributed by atoms with E-state index in [9.17, 15) is 0 Å². The first-order valence-electron chi connectivity index (χ1n) is 6.10. The molecule has 2 aromatic carbocycles. The number of anilines is 2. The number of aryl methyl sites for hydroxylation is 2. The normalized spacial score (nSPS) is 9.79. The van der Waals surface area contributed by atoms with Gasteiger partial charge in [-0.2, -0.15) is 0 Å². The molecule has 19 heavy (non-hydrogen) atoms. The molecule has 0 fully saturated rings. The van der Waals surface area contributed by atoms with Gasteiger partial charge in [0.1, 0.15) is 0 Å². The Labute approximate surface area is 119 Å². The zero-order valence-corrected chi connectivity index (χ0v) is 11.8. The van der Waals surface area contributed by atoms with Gasteiger partial charge in [-0.05, 0) is 55.4 Å². The van der Waals surface area contributed by atoms with Crippen LogP contribution in [0.25, 0.3) is 0 Å². The lowest BCUT2D eigenvalue weighted by Gasteiger charge is -2.14. The first-order chi connectivity index (χ1) is 9.15. The van der Waals surface area contributed by atoms with Gasteiger partial charge in [0.25, 0.3) is 0 Å². The average Bonchev–Trinajstić information content (AvgIpc) is 2.39. The Morgan fingerprint density at radius 2 is 1.79 bits per heavy atom. The summed E-state index contributed by atoms with van der Waals surface area (Å²) < 4.78 is 0. The molecule has 0 saturated carbocycles. The van der Waals surface area contributed by atoms with Crippen molar-refractivity contribution in [2.24, 2.45) is 0 Å². The minimum atomic E-state index is 0.538. The van der Waals surface area contributed by atoms with E-state index in [1.165, 1.54) is 5.56 Å². The fraction of sp³-hybridized carbons (Fsp3) is 0.133. The van der Waals surface area contributed by atoms with Gasteiger partial charge in [0.05, 0.1) is 5.69 Å². The molecule has 4 heteroatoms. The highest BCUT2D eigenvalue weighted by Crippen LogP contribution is 2.13. The molecule has 0 unspecified atom stereocenters. The Balaban J connectivity index is 1.90. The Morgan fingerprint density at radius 1 is 1.00 bits per heavy atom. The predicted octanol–water partition coefficient (Wildman–Crippen LogP) is 3.62. The van der Waals surface area contributed by atoms with Gasteiger partial charge >= 0.3 is 0 Å². The molecule has 0 bridgehead atoms. The Bertz CT molecular complexity index is 581. The molecule has 0 spiro atoms. The zero-order valence-electron chi connectivity index (χ0n) is 11.0. The van der Waals surface area contributed by atoms with Gasteiger partial charge in [-0.1, -0.05) is 30.3 Å². The van der Waals surface area contributed by atoms with Gasteiger partial charge in [0, 0.05) is 5.69 Å². The molecule has 0 saturated heterocycles. The number of hydrazine groups is 1. The molecule has 0 heterocycles. The summed E-state index contributed by atoms with van der Waals surface area (Å²) in [6, 6.07) is 16.1. The van der Waals surface area contributed by atoms with Crippen molar-refractivity contribution < 1.29 is 0 Å². The lowest BCUT2D eigenvalue weighted by Crippen LogP contribution is -2.33. The highest BCUT2D eigenvalue weighted by atomic mass is 32.1. The quantitative estimate of drug-likeness (QED) is 0.588. The Hall–Kier alpha value is -2.07. The van der Waals surface area contributed by atoms with Gasteiger partial charge in [-0.25, -0.2) is 0 Å². The molecular weight excluding hydrogens is 254 g/mol. The summed E-state index contributed by atoms with van der Waals surface area (Å²) in [7, 11) is 0. The van der Waals surface area contributed by atoms with E-state index in [0.717, 1.165) is 16.9 Å². The van der Waals surface area contributed by atoms with Crippen LogP contribution in [-0.2, 0) is 0 Å². The maximum atomic E-state index is 5.24. The zero-order chi connectivity index (χ0) is 13.7. The number of hydrogen-bond acceptors (Lipinski definition) is 2. The van der Waals surface area contributed by atoms with E-state index in [-0.39, 0.29) is 0 Å². The van der Waals surface area contributed by atoms with Gasteiger partial charge < -0.3 is 5.32 Å². The van der Waals surface area contributed by atoms with Crippen molar-refractivity contribution >= 4 is 28.7 Å². The van der Waals surface area contributed by atoms with Crippen molar-refractivity contribution in [3.05, 3.63) is 59.7 Å². The monoisotopic (exact) mass is 271 g/mol. The molecule has 0 aliphatic heterocycles. The summed E-state index contributed by atoms with van der Waals surface area (Å²) in [4.78, 5) is 0. The van der Waals surface area contributed by atoms with Crippen LogP contribution in [0.15, 0.2) is 48.5 Å². The molecular formula is C15H17N3S. The van der Waals surface area contributed by atoms with Crippen LogP contribution in [-0.4, -0.2) is 5.11 Å². The first kappa shape index (κ1) is 13.4. The third kappa shape index (κ3) is 3.96. The molecule has 0 atom stereocenters. The fourth-order valence-corrected chi connectivity index (χ4v) is 1.88. The molecule has 0 aromatic heterocycles. The molecule has 0 aliphatic carbocycles.